The second kappa shape index (κ2) is 6.72. The average molecular weight is 278 g/mol. The molecule has 5 nitrogen and oxygen atoms in total. The van der Waals surface area contributed by atoms with E-state index in [1.165, 1.54) is 0 Å². The minimum Gasteiger partial charge on any atom is -0.482 e. The first-order valence-corrected chi connectivity index (χ1v) is 7.04. The molecule has 0 saturated carbocycles. The van der Waals surface area contributed by atoms with Gasteiger partial charge in [-0.1, -0.05) is 6.07 Å². The van der Waals surface area contributed by atoms with Crippen LogP contribution in [0.5, 0.6) is 5.75 Å². The number of hydrogen-bond donors (Lipinski definition) is 3. The Hall–Kier alpha value is -1.59. The number of rotatable bonds is 6. The van der Waals surface area contributed by atoms with Crippen molar-refractivity contribution < 1.29 is 14.6 Å². The molecule has 1 aromatic carbocycles. The lowest BCUT2D eigenvalue weighted by atomic mass is 10.1. The van der Waals surface area contributed by atoms with E-state index in [1.54, 1.807) is 6.92 Å². The van der Waals surface area contributed by atoms with Crippen LogP contribution in [0.15, 0.2) is 18.2 Å². The minimum absolute atomic E-state index is 0.0828. The Balaban J connectivity index is 1.91. The fraction of sp³-hybridized carbons (Fsp3) is 0.533. The number of ether oxygens (including phenoxy) is 1. The van der Waals surface area contributed by atoms with Gasteiger partial charge in [-0.2, -0.15) is 0 Å². The highest BCUT2D eigenvalue weighted by Gasteiger charge is 2.17. The van der Waals surface area contributed by atoms with Crippen molar-refractivity contribution >= 4 is 11.6 Å². The Morgan fingerprint density at radius 1 is 1.45 bits per heavy atom. The van der Waals surface area contributed by atoms with Crippen LogP contribution in [-0.2, 0) is 4.79 Å². The van der Waals surface area contributed by atoms with E-state index in [2.05, 4.69) is 17.6 Å². The van der Waals surface area contributed by atoms with E-state index in [4.69, 9.17) is 4.74 Å². The molecule has 0 bridgehead atoms. The molecule has 1 heterocycles. The molecule has 5 heteroatoms. The van der Waals surface area contributed by atoms with Crippen molar-refractivity contribution in [2.45, 2.75) is 38.8 Å². The molecule has 1 aliphatic heterocycles. The van der Waals surface area contributed by atoms with E-state index in [9.17, 15) is 9.90 Å². The quantitative estimate of drug-likeness (QED) is 0.694. The van der Waals surface area contributed by atoms with Gasteiger partial charge < -0.3 is 20.5 Å². The van der Waals surface area contributed by atoms with Gasteiger partial charge >= 0.3 is 0 Å². The highest BCUT2D eigenvalue weighted by Crippen LogP contribution is 2.30. The summed E-state index contributed by atoms with van der Waals surface area (Å²) in [5.74, 6) is 0.599. The summed E-state index contributed by atoms with van der Waals surface area (Å²) in [5.41, 5.74) is 1.84. The monoisotopic (exact) mass is 278 g/mol. The summed E-state index contributed by atoms with van der Waals surface area (Å²) in [6.07, 6.45) is 1.49. The van der Waals surface area contributed by atoms with E-state index >= 15 is 0 Å². The average Bonchev–Trinajstić information content (AvgIpc) is 2.42. The van der Waals surface area contributed by atoms with Crippen LogP contribution < -0.4 is 15.4 Å². The number of carbonyl (C=O) groups excluding carboxylic acids is 1. The largest absolute Gasteiger partial charge is 0.482 e. The van der Waals surface area contributed by atoms with Crippen LogP contribution in [0, 0.1) is 0 Å². The Labute approximate surface area is 119 Å². The Kier molecular flexibility index (Phi) is 4.98. The summed E-state index contributed by atoms with van der Waals surface area (Å²) in [7, 11) is 0. The summed E-state index contributed by atoms with van der Waals surface area (Å²) >= 11 is 0. The number of nitrogens with one attached hydrogen (secondary N) is 2. The molecular formula is C15H22N2O3. The standard InChI is InChI=1S/C15H22N2O3/c1-10(18)4-3-7-16-11(2)12-5-6-14-13(8-12)17-15(19)9-20-14/h5-6,8,10-11,16,18H,3-4,7,9H2,1-2H3,(H,17,19). The maximum atomic E-state index is 11.3. The molecule has 0 spiro atoms. The summed E-state index contributed by atoms with van der Waals surface area (Å²) in [6.45, 7) is 4.82. The van der Waals surface area contributed by atoms with E-state index in [-0.39, 0.29) is 24.7 Å². The van der Waals surface area contributed by atoms with Crippen LogP contribution in [0.25, 0.3) is 0 Å². The fourth-order valence-corrected chi connectivity index (χ4v) is 2.20. The van der Waals surface area contributed by atoms with Gasteiger partial charge in [0.05, 0.1) is 11.8 Å². The van der Waals surface area contributed by atoms with Gasteiger partial charge in [-0.25, -0.2) is 0 Å². The van der Waals surface area contributed by atoms with Gasteiger partial charge in [-0.05, 0) is 50.9 Å². The smallest absolute Gasteiger partial charge is 0.262 e. The van der Waals surface area contributed by atoms with Crippen LogP contribution in [0.1, 0.15) is 38.3 Å². The van der Waals surface area contributed by atoms with Gasteiger partial charge in [-0.3, -0.25) is 4.79 Å². The van der Waals surface area contributed by atoms with Crippen molar-refractivity contribution in [3.8, 4) is 5.75 Å². The van der Waals surface area contributed by atoms with Crippen LogP contribution >= 0.6 is 0 Å². The number of anilines is 1. The lowest BCUT2D eigenvalue weighted by Crippen LogP contribution is -2.26. The lowest BCUT2D eigenvalue weighted by molar-refractivity contribution is -0.118. The minimum atomic E-state index is -0.247. The van der Waals surface area contributed by atoms with Crippen LogP contribution in [0.3, 0.4) is 0 Å². The molecular weight excluding hydrogens is 256 g/mol. The first-order valence-electron chi connectivity index (χ1n) is 7.04. The molecule has 2 unspecified atom stereocenters. The molecule has 0 aromatic heterocycles. The van der Waals surface area contributed by atoms with E-state index in [0.29, 0.717) is 0 Å². The van der Waals surface area contributed by atoms with E-state index in [0.717, 1.165) is 36.4 Å². The molecule has 1 aromatic rings. The Morgan fingerprint density at radius 2 is 2.25 bits per heavy atom. The second-order valence-corrected chi connectivity index (χ2v) is 5.26. The highest BCUT2D eigenvalue weighted by atomic mass is 16.5. The summed E-state index contributed by atoms with van der Waals surface area (Å²) in [4.78, 5) is 11.3. The molecule has 2 atom stereocenters. The Morgan fingerprint density at radius 3 is 3.00 bits per heavy atom. The SMILES string of the molecule is CC(O)CCCNC(C)c1ccc2c(c1)NC(=O)CO2. The molecule has 3 N–H and O–H groups in total. The fourth-order valence-electron chi connectivity index (χ4n) is 2.20. The third-order valence-electron chi connectivity index (χ3n) is 3.39. The number of aliphatic hydroxyl groups is 1. The highest BCUT2D eigenvalue weighted by molar-refractivity contribution is 5.95. The van der Waals surface area contributed by atoms with Gasteiger partial charge in [0.2, 0.25) is 0 Å². The van der Waals surface area contributed by atoms with Gasteiger partial charge in [0.15, 0.2) is 6.61 Å². The van der Waals surface area contributed by atoms with E-state index in [1.807, 2.05) is 18.2 Å². The number of benzene rings is 1. The molecule has 0 saturated heterocycles. The van der Waals surface area contributed by atoms with Crippen LogP contribution in [0.4, 0.5) is 5.69 Å². The molecule has 0 radical (unpaired) electrons. The predicted molar refractivity (Wildman–Crippen MR) is 77.9 cm³/mol. The van der Waals surface area contributed by atoms with Gasteiger partial charge in [0.1, 0.15) is 5.75 Å². The topological polar surface area (TPSA) is 70.6 Å². The lowest BCUT2D eigenvalue weighted by Gasteiger charge is -2.21. The third-order valence-corrected chi connectivity index (χ3v) is 3.39. The third kappa shape index (κ3) is 3.95. The molecule has 1 aliphatic rings. The number of hydrogen-bond acceptors (Lipinski definition) is 4. The molecule has 1 amide bonds. The van der Waals surface area contributed by atoms with Crippen molar-refractivity contribution in [2.75, 3.05) is 18.5 Å². The zero-order valence-electron chi connectivity index (χ0n) is 12.0. The van der Waals surface area contributed by atoms with Crippen LogP contribution in [-0.4, -0.2) is 30.3 Å². The van der Waals surface area contributed by atoms with Gasteiger partial charge in [0, 0.05) is 6.04 Å². The normalized spacial score (nSPS) is 16.9. The Bertz CT molecular complexity index is 474. The van der Waals surface area contributed by atoms with Crippen molar-refractivity contribution in [3.63, 3.8) is 0 Å². The first-order chi connectivity index (χ1) is 9.56. The number of aliphatic hydroxyl groups excluding tert-OH is 1. The van der Waals surface area contributed by atoms with Crippen LogP contribution in [0.2, 0.25) is 0 Å². The summed E-state index contributed by atoms with van der Waals surface area (Å²) < 4.78 is 5.34. The molecule has 0 aliphatic carbocycles. The second-order valence-electron chi connectivity index (χ2n) is 5.26. The maximum Gasteiger partial charge on any atom is 0.262 e. The molecule has 110 valence electrons. The molecule has 0 fully saturated rings. The number of amides is 1. The van der Waals surface area contributed by atoms with Crippen molar-refractivity contribution in [2.24, 2.45) is 0 Å². The van der Waals surface area contributed by atoms with E-state index < -0.39 is 0 Å². The van der Waals surface area contributed by atoms with Gasteiger partial charge in [-0.15, -0.1) is 0 Å². The maximum absolute atomic E-state index is 11.3. The molecule has 20 heavy (non-hydrogen) atoms. The predicted octanol–water partition coefficient (Wildman–Crippen LogP) is 1.83. The molecule has 2 rings (SSSR count). The van der Waals surface area contributed by atoms with Crippen molar-refractivity contribution in [1.82, 2.24) is 5.32 Å². The number of fused-ring (bicyclic) bond motifs is 1. The zero-order chi connectivity index (χ0) is 14.5. The zero-order valence-corrected chi connectivity index (χ0v) is 12.0. The first kappa shape index (κ1) is 14.8. The van der Waals surface area contributed by atoms with Gasteiger partial charge in [0.25, 0.3) is 5.91 Å². The summed E-state index contributed by atoms with van der Waals surface area (Å²) in [6, 6.07) is 6.02. The number of carbonyl (C=O) groups is 1. The van der Waals surface area contributed by atoms with Crippen molar-refractivity contribution in [3.05, 3.63) is 23.8 Å². The van der Waals surface area contributed by atoms with Crippen molar-refractivity contribution in [1.29, 1.82) is 0 Å². The summed E-state index contributed by atoms with van der Waals surface area (Å²) in [5, 5.41) is 15.4.